The molecule has 2 rings (SSSR count). The zero-order valence-electron chi connectivity index (χ0n) is 15.4. The van der Waals surface area contributed by atoms with Crippen LogP contribution in [0.5, 0.6) is 5.88 Å². The molecule has 0 bridgehead atoms. The fourth-order valence-corrected chi connectivity index (χ4v) is 3.16. The monoisotopic (exact) mass is 361 g/mol. The molecule has 25 heavy (non-hydrogen) atoms. The second-order valence-electron chi connectivity index (χ2n) is 5.56. The summed E-state index contributed by atoms with van der Waals surface area (Å²) in [5.41, 5.74) is 2.20. The van der Waals surface area contributed by atoms with Gasteiger partial charge in [0.2, 0.25) is 5.88 Å². The van der Waals surface area contributed by atoms with Gasteiger partial charge in [-0.05, 0) is 39.3 Å². The number of rotatable bonds is 8. The molecule has 136 valence electrons. The van der Waals surface area contributed by atoms with E-state index in [1.165, 1.54) is 4.88 Å². The van der Waals surface area contributed by atoms with Crippen molar-refractivity contribution in [3.05, 3.63) is 39.5 Å². The van der Waals surface area contributed by atoms with E-state index >= 15 is 0 Å². The van der Waals surface area contributed by atoms with Gasteiger partial charge >= 0.3 is 0 Å². The summed E-state index contributed by atoms with van der Waals surface area (Å²) >= 11 is 1.76. The van der Waals surface area contributed by atoms with E-state index in [2.05, 4.69) is 46.4 Å². The topological polar surface area (TPSA) is 71.4 Å². The lowest BCUT2D eigenvalue weighted by Gasteiger charge is -2.11. The minimum atomic E-state index is 0.577. The molecule has 0 aromatic carbocycles. The van der Waals surface area contributed by atoms with Crippen LogP contribution in [0.1, 0.15) is 35.0 Å². The molecule has 0 radical (unpaired) electrons. The molecule has 0 aliphatic heterocycles. The molecule has 2 aromatic rings. The maximum absolute atomic E-state index is 5.43. The van der Waals surface area contributed by atoms with Gasteiger partial charge in [0.05, 0.1) is 23.9 Å². The number of aryl methyl sites for hydroxylation is 2. The first-order valence-corrected chi connectivity index (χ1v) is 9.46. The Morgan fingerprint density at radius 2 is 2.12 bits per heavy atom. The van der Waals surface area contributed by atoms with Crippen molar-refractivity contribution in [3.63, 3.8) is 0 Å². The Hall–Kier alpha value is -2.15. The lowest BCUT2D eigenvalue weighted by Crippen LogP contribution is -2.38. The lowest BCUT2D eigenvalue weighted by atomic mass is 10.3. The second-order valence-corrected chi connectivity index (χ2v) is 6.84. The van der Waals surface area contributed by atoms with E-state index in [4.69, 9.17) is 4.74 Å². The summed E-state index contributed by atoms with van der Waals surface area (Å²) in [5, 5.41) is 7.80. The third kappa shape index (κ3) is 6.34. The summed E-state index contributed by atoms with van der Waals surface area (Å²) in [7, 11) is 0. The molecular weight excluding hydrogens is 334 g/mol. The highest BCUT2D eigenvalue weighted by molar-refractivity contribution is 7.11. The van der Waals surface area contributed by atoms with E-state index in [0.717, 1.165) is 41.7 Å². The zero-order chi connectivity index (χ0) is 18.1. The minimum Gasteiger partial charge on any atom is -0.478 e. The van der Waals surface area contributed by atoms with E-state index in [0.29, 0.717) is 19.0 Å². The predicted molar refractivity (Wildman–Crippen MR) is 104 cm³/mol. The molecule has 0 aliphatic carbocycles. The van der Waals surface area contributed by atoms with E-state index in [1.807, 2.05) is 19.1 Å². The first kappa shape index (κ1) is 19.2. The van der Waals surface area contributed by atoms with Gasteiger partial charge in [-0.2, -0.15) is 0 Å². The summed E-state index contributed by atoms with van der Waals surface area (Å²) in [6, 6.07) is 3.88. The number of hydrogen-bond acceptors (Lipinski definition) is 5. The van der Waals surface area contributed by atoms with Crippen LogP contribution in [0.3, 0.4) is 0 Å². The number of hydrogen-bond donors (Lipinski definition) is 2. The van der Waals surface area contributed by atoms with Crippen molar-refractivity contribution in [3.8, 4) is 5.88 Å². The van der Waals surface area contributed by atoms with Crippen molar-refractivity contribution < 1.29 is 4.74 Å². The molecular formula is C18H27N5OS. The van der Waals surface area contributed by atoms with Crippen molar-refractivity contribution in [2.75, 3.05) is 19.7 Å². The van der Waals surface area contributed by atoms with E-state index in [1.54, 1.807) is 17.5 Å². The molecule has 0 unspecified atom stereocenters. The average Bonchev–Trinajstić information content (AvgIpc) is 2.91. The van der Waals surface area contributed by atoms with Gasteiger partial charge in [0.15, 0.2) is 5.96 Å². The fraction of sp³-hybridized carbons (Fsp3) is 0.500. The maximum Gasteiger partial charge on any atom is 0.213 e. The highest BCUT2D eigenvalue weighted by atomic mass is 32.1. The van der Waals surface area contributed by atoms with Gasteiger partial charge in [-0.3, -0.25) is 0 Å². The number of nitrogens with zero attached hydrogens (tertiary/aromatic N) is 3. The number of thiazole rings is 1. The molecule has 2 N–H and O–H groups in total. The van der Waals surface area contributed by atoms with Crippen molar-refractivity contribution >= 4 is 17.3 Å². The summed E-state index contributed by atoms with van der Waals surface area (Å²) in [6.07, 6.45) is 2.65. The number of guanidine groups is 1. The molecule has 0 atom stereocenters. The summed E-state index contributed by atoms with van der Waals surface area (Å²) in [6.45, 7) is 11.0. The first-order valence-electron chi connectivity index (χ1n) is 8.65. The van der Waals surface area contributed by atoms with Gasteiger partial charge in [-0.15, -0.1) is 11.3 Å². The quantitative estimate of drug-likeness (QED) is 0.559. The summed E-state index contributed by atoms with van der Waals surface area (Å²) in [4.78, 5) is 14.7. The fourth-order valence-electron chi connectivity index (χ4n) is 2.22. The highest BCUT2D eigenvalue weighted by Crippen LogP contribution is 2.16. The molecule has 0 saturated heterocycles. The Balaban J connectivity index is 1.90. The third-order valence-corrected chi connectivity index (χ3v) is 4.69. The smallest absolute Gasteiger partial charge is 0.213 e. The molecule has 7 heteroatoms. The molecule has 2 aromatic heterocycles. The molecule has 0 spiro atoms. The van der Waals surface area contributed by atoms with E-state index < -0.39 is 0 Å². The van der Waals surface area contributed by atoms with Crippen molar-refractivity contribution in [1.29, 1.82) is 0 Å². The Labute approximate surface area is 153 Å². The third-order valence-electron chi connectivity index (χ3n) is 3.56. The Kier molecular flexibility index (Phi) is 7.66. The number of nitrogens with one attached hydrogen (secondary N) is 2. The van der Waals surface area contributed by atoms with Crippen LogP contribution in [-0.2, 0) is 13.0 Å². The van der Waals surface area contributed by atoms with Gasteiger partial charge in [-0.25, -0.2) is 15.0 Å². The Bertz CT molecular complexity index is 679. The molecule has 0 fully saturated rings. The van der Waals surface area contributed by atoms with Crippen LogP contribution in [0.15, 0.2) is 23.3 Å². The number of aliphatic imine (C=N–C) groups is 1. The number of pyridine rings is 1. The Morgan fingerprint density at radius 3 is 2.80 bits per heavy atom. The van der Waals surface area contributed by atoms with Gasteiger partial charge in [0.1, 0.15) is 0 Å². The maximum atomic E-state index is 5.43. The minimum absolute atomic E-state index is 0.577. The first-order chi connectivity index (χ1) is 12.1. The van der Waals surface area contributed by atoms with Crippen LogP contribution in [0.25, 0.3) is 0 Å². The standard InChI is InChI=1S/C18H27N5OS/c1-5-19-18(21-10-8-17-23-13(3)14(4)25-17)22-12-15-7-9-20-16(11-15)24-6-2/h7,9,11H,5-6,8,10,12H2,1-4H3,(H2,19,21,22). The number of aromatic nitrogens is 2. The highest BCUT2D eigenvalue weighted by Gasteiger charge is 2.04. The summed E-state index contributed by atoms with van der Waals surface area (Å²) < 4.78 is 5.43. The van der Waals surface area contributed by atoms with Crippen molar-refractivity contribution in [1.82, 2.24) is 20.6 Å². The van der Waals surface area contributed by atoms with Crippen molar-refractivity contribution in [2.45, 2.75) is 40.7 Å². The molecule has 0 aliphatic rings. The Morgan fingerprint density at radius 1 is 1.28 bits per heavy atom. The second kappa shape index (κ2) is 9.98. The SMILES string of the molecule is CCNC(=NCc1ccnc(OCC)c1)NCCc1nc(C)c(C)s1. The van der Waals surface area contributed by atoms with Gasteiger partial charge in [-0.1, -0.05) is 0 Å². The van der Waals surface area contributed by atoms with Crippen LogP contribution >= 0.6 is 11.3 Å². The van der Waals surface area contributed by atoms with Crippen molar-refractivity contribution in [2.24, 2.45) is 4.99 Å². The molecule has 2 heterocycles. The van der Waals surface area contributed by atoms with Crippen LogP contribution in [-0.4, -0.2) is 35.6 Å². The average molecular weight is 362 g/mol. The van der Waals surface area contributed by atoms with Gasteiger partial charge in [0, 0.05) is 36.7 Å². The molecule has 6 nitrogen and oxygen atoms in total. The summed E-state index contributed by atoms with van der Waals surface area (Å²) in [5.74, 6) is 1.45. The van der Waals surface area contributed by atoms with Crippen LogP contribution < -0.4 is 15.4 Å². The largest absolute Gasteiger partial charge is 0.478 e. The predicted octanol–water partition coefficient (Wildman–Crippen LogP) is 2.85. The zero-order valence-corrected chi connectivity index (χ0v) is 16.2. The molecule has 0 amide bonds. The van der Waals surface area contributed by atoms with Crippen LogP contribution in [0.4, 0.5) is 0 Å². The van der Waals surface area contributed by atoms with Gasteiger partial charge < -0.3 is 15.4 Å². The lowest BCUT2D eigenvalue weighted by molar-refractivity contribution is 0.326. The molecule has 0 saturated carbocycles. The number of ether oxygens (including phenoxy) is 1. The normalized spacial score (nSPS) is 11.4. The van der Waals surface area contributed by atoms with E-state index in [9.17, 15) is 0 Å². The van der Waals surface area contributed by atoms with Crippen LogP contribution in [0, 0.1) is 13.8 Å². The van der Waals surface area contributed by atoms with Gasteiger partial charge in [0.25, 0.3) is 0 Å². The van der Waals surface area contributed by atoms with Crippen LogP contribution in [0.2, 0.25) is 0 Å². The van der Waals surface area contributed by atoms with E-state index in [-0.39, 0.29) is 0 Å².